The van der Waals surface area contributed by atoms with Gasteiger partial charge in [-0.1, -0.05) is 20.3 Å². The average Bonchev–Trinajstić information content (AvgIpc) is 2.62. The van der Waals surface area contributed by atoms with Gasteiger partial charge in [-0.2, -0.15) is 0 Å². The van der Waals surface area contributed by atoms with Gasteiger partial charge in [-0.15, -0.1) is 0 Å². The van der Waals surface area contributed by atoms with Crippen molar-refractivity contribution in [1.82, 2.24) is 9.55 Å². The third-order valence-corrected chi connectivity index (χ3v) is 2.81. The predicted octanol–water partition coefficient (Wildman–Crippen LogP) is 1.98. The van der Waals surface area contributed by atoms with E-state index in [-0.39, 0.29) is 6.61 Å². The number of aromatic nitrogens is 2. The molecule has 0 aromatic carbocycles. The van der Waals surface area contributed by atoms with Crippen LogP contribution in [0.15, 0.2) is 12.5 Å². The molecule has 2 atom stereocenters. The van der Waals surface area contributed by atoms with Gasteiger partial charge in [0.05, 0.1) is 24.8 Å². The quantitative estimate of drug-likeness (QED) is 0.773. The summed E-state index contributed by atoms with van der Waals surface area (Å²) in [6, 6.07) is 0.412. The summed E-state index contributed by atoms with van der Waals surface area (Å²) in [6.45, 7) is 6.62. The molecule has 0 saturated carbocycles. The van der Waals surface area contributed by atoms with E-state index in [2.05, 4.69) is 25.8 Å². The molecular formula is C10H18N2O. The van der Waals surface area contributed by atoms with Crippen LogP contribution >= 0.6 is 0 Å². The highest BCUT2D eigenvalue weighted by atomic mass is 16.3. The lowest BCUT2D eigenvalue weighted by molar-refractivity contribution is 0.258. The van der Waals surface area contributed by atoms with E-state index in [1.807, 2.05) is 4.57 Å². The van der Waals surface area contributed by atoms with Crippen molar-refractivity contribution in [2.24, 2.45) is 5.92 Å². The fraction of sp³-hybridized carbons (Fsp3) is 0.700. The molecule has 2 unspecified atom stereocenters. The first-order valence-electron chi connectivity index (χ1n) is 4.82. The van der Waals surface area contributed by atoms with E-state index in [0.717, 1.165) is 12.1 Å². The summed E-state index contributed by atoms with van der Waals surface area (Å²) in [5, 5.41) is 9.05. The fourth-order valence-corrected chi connectivity index (χ4v) is 1.44. The van der Waals surface area contributed by atoms with Gasteiger partial charge >= 0.3 is 0 Å². The van der Waals surface area contributed by atoms with E-state index >= 15 is 0 Å². The first kappa shape index (κ1) is 10.3. The average molecular weight is 182 g/mol. The van der Waals surface area contributed by atoms with Crippen molar-refractivity contribution in [1.29, 1.82) is 0 Å². The molecular weight excluding hydrogens is 164 g/mol. The normalized spacial score (nSPS) is 15.7. The lowest BCUT2D eigenvalue weighted by Crippen LogP contribution is -2.14. The molecule has 1 aromatic rings. The van der Waals surface area contributed by atoms with E-state index in [4.69, 9.17) is 5.11 Å². The monoisotopic (exact) mass is 182 g/mol. The van der Waals surface area contributed by atoms with E-state index in [1.165, 1.54) is 0 Å². The second-order valence-electron chi connectivity index (χ2n) is 3.58. The number of aliphatic hydroxyl groups is 1. The Hall–Kier alpha value is -0.830. The van der Waals surface area contributed by atoms with Gasteiger partial charge in [0.2, 0.25) is 0 Å². The Morgan fingerprint density at radius 2 is 2.23 bits per heavy atom. The Balaban J connectivity index is 2.81. The van der Waals surface area contributed by atoms with Crippen LogP contribution in [-0.2, 0) is 6.61 Å². The van der Waals surface area contributed by atoms with Crippen molar-refractivity contribution in [2.75, 3.05) is 0 Å². The number of imidazole rings is 1. The molecule has 1 heterocycles. The largest absolute Gasteiger partial charge is 0.390 e. The highest BCUT2D eigenvalue weighted by Gasteiger charge is 2.14. The van der Waals surface area contributed by atoms with Gasteiger partial charge in [0.25, 0.3) is 0 Å². The minimum Gasteiger partial charge on any atom is -0.390 e. The second kappa shape index (κ2) is 4.42. The van der Waals surface area contributed by atoms with Crippen molar-refractivity contribution < 1.29 is 5.11 Å². The van der Waals surface area contributed by atoms with Crippen molar-refractivity contribution in [2.45, 2.75) is 39.8 Å². The van der Waals surface area contributed by atoms with Crippen molar-refractivity contribution in [3.05, 3.63) is 18.2 Å². The number of hydrogen-bond acceptors (Lipinski definition) is 2. The van der Waals surface area contributed by atoms with Gasteiger partial charge in [-0.25, -0.2) is 4.98 Å². The number of nitrogens with zero attached hydrogens (tertiary/aromatic N) is 2. The standard InChI is InChI=1S/C10H18N2O/c1-4-8(2)9(3)12-7-11-5-10(12)6-13/h5,7-9,13H,4,6H2,1-3H3. The van der Waals surface area contributed by atoms with Gasteiger partial charge in [0, 0.05) is 6.04 Å². The Morgan fingerprint density at radius 3 is 2.77 bits per heavy atom. The summed E-state index contributed by atoms with van der Waals surface area (Å²) in [6.07, 6.45) is 4.66. The van der Waals surface area contributed by atoms with E-state index in [0.29, 0.717) is 12.0 Å². The summed E-state index contributed by atoms with van der Waals surface area (Å²) >= 11 is 0. The molecule has 0 aliphatic rings. The fourth-order valence-electron chi connectivity index (χ4n) is 1.44. The Labute approximate surface area is 79.4 Å². The third kappa shape index (κ3) is 2.10. The van der Waals surface area contributed by atoms with Crippen molar-refractivity contribution in [3.63, 3.8) is 0 Å². The smallest absolute Gasteiger partial charge is 0.0951 e. The highest BCUT2D eigenvalue weighted by molar-refractivity contribution is 4.98. The molecule has 1 N–H and O–H groups in total. The predicted molar refractivity (Wildman–Crippen MR) is 52.3 cm³/mol. The minimum absolute atomic E-state index is 0.0702. The van der Waals surface area contributed by atoms with Gasteiger partial charge in [-0.05, 0) is 12.8 Å². The molecule has 0 aliphatic heterocycles. The maximum atomic E-state index is 9.05. The molecule has 0 aliphatic carbocycles. The maximum absolute atomic E-state index is 9.05. The zero-order valence-corrected chi connectivity index (χ0v) is 8.57. The van der Waals surface area contributed by atoms with Crippen LogP contribution in [0.5, 0.6) is 0 Å². The van der Waals surface area contributed by atoms with Gasteiger partial charge in [0.15, 0.2) is 0 Å². The third-order valence-electron chi connectivity index (χ3n) is 2.81. The molecule has 3 nitrogen and oxygen atoms in total. The summed E-state index contributed by atoms with van der Waals surface area (Å²) < 4.78 is 2.05. The molecule has 0 saturated heterocycles. The van der Waals surface area contributed by atoms with Gasteiger partial charge in [0.1, 0.15) is 0 Å². The van der Waals surface area contributed by atoms with Crippen LogP contribution < -0.4 is 0 Å². The molecule has 0 spiro atoms. The van der Waals surface area contributed by atoms with Crippen LogP contribution in [0.25, 0.3) is 0 Å². The van der Waals surface area contributed by atoms with E-state index in [1.54, 1.807) is 12.5 Å². The summed E-state index contributed by atoms with van der Waals surface area (Å²) in [5.41, 5.74) is 0.896. The van der Waals surface area contributed by atoms with Crippen LogP contribution in [0.4, 0.5) is 0 Å². The molecule has 74 valence electrons. The maximum Gasteiger partial charge on any atom is 0.0951 e. The summed E-state index contributed by atoms with van der Waals surface area (Å²) in [4.78, 5) is 4.03. The zero-order valence-electron chi connectivity index (χ0n) is 8.57. The molecule has 0 amide bonds. The number of hydrogen-bond donors (Lipinski definition) is 1. The first-order chi connectivity index (χ1) is 6.20. The van der Waals surface area contributed by atoms with E-state index in [9.17, 15) is 0 Å². The lowest BCUT2D eigenvalue weighted by atomic mass is 10.0. The van der Waals surface area contributed by atoms with Crippen LogP contribution in [0.1, 0.15) is 38.9 Å². The zero-order chi connectivity index (χ0) is 9.84. The highest BCUT2D eigenvalue weighted by Crippen LogP contribution is 2.21. The summed E-state index contributed by atoms with van der Waals surface area (Å²) in [7, 11) is 0. The topological polar surface area (TPSA) is 38.0 Å². The lowest BCUT2D eigenvalue weighted by Gasteiger charge is -2.21. The molecule has 1 aromatic heterocycles. The Morgan fingerprint density at radius 1 is 1.54 bits per heavy atom. The molecule has 0 fully saturated rings. The second-order valence-corrected chi connectivity index (χ2v) is 3.58. The van der Waals surface area contributed by atoms with Crippen molar-refractivity contribution in [3.8, 4) is 0 Å². The minimum atomic E-state index is 0.0702. The van der Waals surface area contributed by atoms with Crippen LogP contribution in [0, 0.1) is 5.92 Å². The number of aliphatic hydroxyl groups excluding tert-OH is 1. The molecule has 0 bridgehead atoms. The molecule has 0 radical (unpaired) electrons. The van der Waals surface area contributed by atoms with Crippen LogP contribution in [0.2, 0.25) is 0 Å². The van der Waals surface area contributed by atoms with Gasteiger partial charge < -0.3 is 9.67 Å². The van der Waals surface area contributed by atoms with Crippen LogP contribution in [0.3, 0.4) is 0 Å². The number of rotatable bonds is 4. The SMILES string of the molecule is CCC(C)C(C)n1cncc1CO. The molecule has 3 heteroatoms. The summed E-state index contributed by atoms with van der Waals surface area (Å²) in [5.74, 6) is 0.611. The van der Waals surface area contributed by atoms with Gasteiger partial charge in [-0.3, -0.25) is 0 Å². The molecule has 13 heavy (non-hydrogen) atoms. The van der Waals surface area contributed by atoms with E-state index < -0.39 is 0 Å². The van der Waals surface area contributed by atoms with Crippen molar-refractivity contribution >= 4 is 0 Å². The first-order valence-corrected chi connectivity index (χ1v) is 4.82. The molecule has 1 rings (SSSR count). The Bertz CT molecular complexity index is 257. The Kier molecular flexibility index (Phi) is 3.48. The van der Waals surface area contributed by atoms with Crippen LogP contribution in [-0.4, -0.2) is 14.7 Å².